The van der Waals surface area contributed by atoms with Gasteiger partial charge in [0.1, 0.15) is 17.2 Å². The Bertz CT molecular complexity index is 1720. The Morgan fingerprint density at radius 3 is 2.51 bits per heavy atom. The standard InChI is InChI=1S/C28H25F2N5O2/c1-16-14-32-23(22-7-9-31-27(33-22)28(3,4)37)13-24(16)35-17(2)11-25-20(26(35)36)8-10-34(25)15-18-5-6-19(29)12-21(18)30/h5-14,37H,15H2,1-4H3. The molecule has 9 heteroatoms. The maximum absolute atomic E-state index is 14.3. The van der Waals surface area contributed by atoms with Gasteiger partial charge in [-0.05, 0) is 63.6 Å². The van der Waals surface area contributed by atoms with Gasteiger partial charge in [-0.15, -0.1) is 0 Å². The molecule has 5 aromatic rings. The fraction of sp³-hybridized carbons (Fsp3) is 0.214. The summed E-state index contributed by atoms with van der Waals surface area (Å²) in [6, 6.07) is 10.5. The molecule has 4 aromatic heterocycles. The molecule has 7 nitrogen and oxygen atoms in total. The largest absolute Gasteiger partial charge is 0.382 e. The SMILES string of the molecule is Cc1cnc(-c2ccnc(C(C)(C)O)n2)cc1-n1c(C)cc2c(ccn2Cc2ccc(F)cc2F)c1=O. The quantitative estimate of drug-likeness (QED) is 0.373. The number of pyridine rings is 2. The van der Waals surface area contributed by atoms with Crippen LogP contribution >= 0.6 is 0 Å². The van der Waals surface area contributed by atoms with Gasteiger partial charge in [-0.2, -0.15) is 0 Å². The van der Waals surface area contributed by atoms with Crippen molar-refractivity contribution < 1.29 is 13.9 Å². The van der Waals surface area contributed by atoms with Crippen LogP contribution in [0, 0.1) is 25.5 Å². The highest BCUT2D eigenvalue weighted by atomic mass is 19.1. The molecule has 0 bridgehead atoms. The molecule has 188 valence electrons. The van der Waals surface area contributed by atoms with E-state index in [2.05, 4.69) is 15.0 Å². The van der Waals surface area contributed by atoms with Crippen molar-refractivity contribution in [2.24, 2.45) is 0 Å². The van der Waals surface area contributed by atoms with E-state index in [-0.39, 0.29) is 17.9 Å². The van der Waals surface area contributed by atoms with Crippen LogP contribution in [-0.4, -0.2) is 29.2 Å². The third-order valence-electron chi connectivity index (χ3n) is 6.28. The number of halogens is 2. The lowest BCUT2D eigenvalue weighted by molar-refractivity contribution is 0.0688. The van der Waals surface area contributed by atoms with E-state index >= 15 is 0 Å². The molecule has 0 fully saturated rings. The third-order valence-corrected chi connectivity index (χ3v) is 6.28. The van der Waals surface area contributed by atoms with Crippen molar-refractivity contribution in [1.82, 2.24) is 24.1 Å². The van der Waals surface area contributed by atoms with E-state index in [9.17, 15) is 18.7 Å². The van der Waals surface area contributed by atoms with Crippen LogP contribution in [0.15, 0.2) is 65.8 Å². The second-order valence-electron chi connectivity index (χ2n) is 9.59. The smallest absolute Gasteiger partial charge is 0.264 e. The van der Waals surface area contributed by atoms with Crippen LogP contribution in [0.1, 0.15) is 36.5 Å². The van der Waals surface area contributed by atoms with Crippen LogP contribution in [0.2, 0.25) is 0 Å². The summed E-state index contributed by atoms with van der Waals surface area (Å²) >= 11 is 0. The molecule has 0 aliphatic heterocycles. The molecular formula is C28H25F2N5O2. The van der Waals surface area contributed by atoms with Gasteiger partial charge < -0.3 is 9.67 Å². The van der Waals surface area contributed by atoms with E-state index < -0.39 is 17.2 Å². The Kier molecular flexibility index (Phi) is 5.95. The second kappa shape index (κ2) is 9.01. The van der Waals surface area contributed by atoms with Gasteiger partial charge in [-0.1, -0.05) is 6.07 Å². The molecule has 37 heavy (non-hydrogen) atoms. The zero-order valence-electron chi connectivity index (χ0n) is 20.8. The van der Waals surface area contributed by atoms with Crippen molar-refractivity contribution in [1.29, 1.82) is 0 Å². The lowest BCUT2D eigenvalue weighted by Crippen LogP contribution is -2.22. The summed E-state index contributed by atoms with van der Waals surface area (Å²) in [6.07, 6.45) is 4.96. The van der Waals surface area contributed by atoms with Gasteiger partial charge in [0.05, 0.1) is 34.5 Å². The van der Waals surface area contributed by atoms with Crippen LogP contribution < -0.4 is 5.56 Å². The van der Waals surface area contributed by atoms with Gasteiger partial charge in [0.2, 0.25) is 0 Å². The Morgan fingerprint density at radius 2 is 1.78 bits per heavy atom. The molecule has 0 unspecified atom stereocenters. The average Bonchev–Trinajstić information content (AvgIpc) is 3.24. The molecule has 0 aliphatic carbocycles. The van der Waals surface area contributed by atoms with E-state index in [1.165, 1.54) is 12.1 Å². The summed E-state index contributed by atoms with van der Waals surface area (Å²) < 4.78 is 31.0. The first kappa shape index (κ1) is 24.5. The van der Waals surface area contributed by atoms with Gasteiger partial charge in [0, 0.05) is 35.9 Å². The van der Waals surface area contributed by atoms with Gasteiger partial charge in [-0.3, -0.25) is 14.3 Å². The lowest BCUT2D eigenvalue weighted by Gasteiger charge is -2.17. The van der Waals surface area contributed by atoms with E-state index in [1.54, 1.807) is 59.8 Å². The highest BCUT2D eigenvalue weighted by Crippen LogP contribution is 2.25. The number of hydrogen-bond acceptors (Lipinski definition) is 5. The number of nitrogens with zero attached hydrogens (tertiary/aromatic N) is 5. The molecule has 5 rings (SSSR count). The highest BCUT2D eigenvalue weighted by molar-refractivity contribution is 5.80. The van der Waals surface area contributed by atoms with Crippen LogP contribution in [-0.2, 0) is 12.1 Å². The lowest BCUT2D eigenvalue weighted by atomic mass is 10.1. The van der Waals surface area contributed by atoms with Crippen molar-refractivity contribution in [3.63, 3.8) is 0 Å². The molecule has 1 aromatic carbocycles. The first-order valence-electron chi connectivity index (χ1n) is 11.7. The molecule has 0 saturated carbocycles. The fourth-order valence-electron chi connectivity index (χ4n) is 4.33. The van der Waals surface area contributed by atoms with Crippen LogP contribution in [0.4, 0.5) is 8.78 Å². The Morgan fingerprint density at radius 1 is 1.00 bits per heavy atom. The summed E-state index contributed by atoms with van der Waals surface area (Å²) in [5, 5.41) is 10.8. The summed E-state index contributed by atoms with van der Waals surface area (Å²) in [5.74, 6) is -1.00. The van der Waals surface area contributed by atoms with E-state index in [1.807, 2.05) is 19.9 Å². The van der Waals surface area contributed by atoms with E-state index in [0.29, 0.717) is 39.2 Å². The Balaban J connectivity index is 1.60. The van der Waals surface area contributed by atoms with Gasteiger partial charge in [-0.25, -0.2) is 18.7 Å². The van der Waals surface area contributed by atoms with E-state index in [0.717, 1.165) is 11.6 Å². The molecule has 1 N–H and O–H groups in total. The number of benzene rings is 1. The van der Waals surface area contributed by atoms with E-state index in [4.69, 9.17) is 0 Å². The third kappa shape index (κ3) is 4.53. The summed E-state index contributed by atoms with van der Waals surface area (Å²) in [5.41, 5.74) is 2.70. The Labute approximate surface area is 211 Å². The average molecular weight is 502 g/mol. The first-order valence-corrected chi connectivity index (χ1v) is 11.7. The summed E-state index contributed by atoms with van der Waals surface area (Å²) in [4.78, 5) is 26.8. The van der Waals surface area contributed by atoms with Crippen LogP contribution in [0.25, 0.3) is 28.0 Å². The number of aliphatic hydroxyl groups is 1. The molecule has 0 atom stereocenters. The maximum atomic E-state index is 14.3. The predicted molar refractivity (Wildman–Crippen MR) is 137 cm³/mol. The van der Waals surface area contributed by atoms with Crippen LogP contribution in [0.5, 0.6) is 0 Å². The van der Waals surface area contributed by atoms with Gasteiger partial charge in [0.15, 0.2) is 5.82 Å². The summed E-state index contributed by atoms with van der Waals surface area (Å²) in [6.45, 7) is 7.07. The molecule has 4 heterocycles. The monoisotopic (exact) mass is 501 g/mol. The van der Waals surface area contributed by atoms with Gasteiger partial charge >= 0.3 is 0 Å². The molecule has 0 saturated heterocycles. The fourth-order valence-corrected chi connectivity index (χ4v) is 4.33. The minimum Gasteiger partial charge on any atom is -0.382 e. The van der Waals surface area contributed by atoms with Crippen molar-refractivity contribution in [2.75, 3.05) is 0 Å². The zero-order chi connectivity index (χ0) is 26.5. The van der Waals surface area contributed by atoms with Crippen molar-refractivity contribution >= 4 is 10.9 Å². The topological polar surface area (TPSA) is 85.8 Å². The molecule has 0 amide bonds. The van der Waals surface area contributed by atoms with Gasteiger partial charge in [0.25, 0.3) is 5.56 Å². The molecule has 0 radical (unpaired) electrons. The Hall–Kier alpha value is -4.24. The highest BCUT2D eigenvalue weighted by Gasteiger charge is 2.21. The minimum atomic E-state index is -1.22. The summed E-state index contributed by atoms with van der Waals surface area (Å²) in [7, 11) is 0. The zero-order valence-corrected chi connectivity index (χ0v) is 20.8. The minimum absolute atomic E-state index is 0.161. The number of hydrogen-bond donors (Lipinski definition) is 1. The molecule has 0 aliphatic rings. The number of fused-ring (bicyclic) bond motifs is 1. The predicted octanol–water partition coefficient (Wildman–Crippen LogP) is 4.81. The van der Waals surface area contributed by atoms with Crippen molar-refractivity contribution in [2.45, 2.75) is 39.8 Å². The normalized spacial score (nSPS) is 11.9. The van der Waals surface area contributed by atoms with Crippen molar-refractivity contribution in [3.05, 3.63) is 106 Å². The maximum Gasteiger partial charge on any atom is 0.264 e. The second-order valence-corrected chi connectivity index (χ2v) is 9.59. The van der Waals surface area contributed by atoms with Crippen LogP contribution in [0.3, 0.4) is 0 Å². The number of aromatic nitrogens is 5. The number of rotatable bonds is 5. The number of aryl methyl sites for hydroxylation is 2. The molecule has 0 spiro atoms. The first-order chi connectivity index (χ1) is 17.5. The van der Waals surface area contributed by atoms with Crippen molar-refractivity contribution in [3.8, 4) is 17.1 Å². The molecular weight excluding hydrogens is 476 g/mol.